The average molecular weight is 422 g/mol. The maximum atomic E-state index is 12.3. The van der Waals surface area contributed by atoms with E-state index >= 15 is 0 Å². The number of hydrogen-bond donors (Lipinski definition) is 0. The number of nitriles is 1. The van der Waals surface area contributed by atoms with E-state index < -0.39 is 33.7 Å². The van der Waals surface area contributed by atoms with Gasteiger partial charge in [0.25, 0.3) is 0 Å². The minimum atomic E-state index is -0.965. The number of aliphatic imine (C=N–C) groups is 1. The third-order valence-corrected chi connectivity index (χ3v) is 4.34. The summed E-state index contributed by atoms with van der Waals surface area (Å²) in [5.74, 6) is -1.12. The smallest absolute Gasteiger partial charge is 0.364 e. The molecule has 0 N–H and O–H groups in total. The molecular formula is C17H18N4O7S. The molecule has 1 unspecified atom stereocenters. The Morgan fingerprint density at radius 3 is 2.66 bits per heavy atom. The van der Waals surface area contributed by atoms with Crippen LogP contribution in [0.15, 0.2) is 34.8 Å². The van der Waals surface area contributed by atoms with Crippen molar-refractivity contribution in [3.8, 4) is 17.6 Å². The summed E-state index contributed by atoms with van der Waals surface area (Å²) >= 11 is 1.15. The summed E-state index contributed by atoms with van der Waals surface area (Å²) in [6.45, 7) is 1.58. The molecule has 1 heterocycles. The number of benzene rings is 1. The number of hydroxylamine groups is 2. The van der Waals surface area contributed by atoms with Crippen molar-refractivity contribution in [3.63, 3.8) is 0 Å². The molecule has 0 radical (unpaired) electrons. The zero-order valence-corrected chi connectivity index (χ0v) is 16.9. The van der Waals surface area contributed by atoms with Gasteiger partial charge in [-0.3, -0.25) is 15.0 Å². The highest BCUT2D eigenvalue weighted by atomic mass is 32.2. The molecule has 0 spiro atoms. The molecule has 29 heavy (non-hydrogen) atoms. The van der Waals surface area contributed by atoms with Crippen molar-refractivity contribution in [1.29, 1.82) is 5.26 Å². The second-order valence-corrected chi connectivity index (χ2v) is 6.15. The van der Waals surface area contributed by atoms with Gasteiger partial charge >= 0.3 is 17.5 Å². The van der Waals surface area contributed by atoms with Crippen LogP contribution in [0.3, 0.4) is 0 Å². The van der Waals surface area contributed by atoms with Crippen molar-refractivity contribution in [2.75, 3.05) is 27.1 Å². The van der Waals surface area contributed by atoms with Gasteiger partial charge in [0.1, 0.15) is 0 Å². The van der Waals surface area contributed by atoms with E-state index in [-0.39, 0.29) is 23.7 Å². The second kappa shape index (κ2) is 9.76. The standard InChI is InChI=1S/C17H18N4O7S/c1-5-27-16(22)13-14(21(23)24)15(20(26-3)17(19-13)29-4)28-12-8-10(9-18)6-7-11(12)25-2/h6-8,17H,5H2,1-4H3. The Kier molecular flexibility index (Phi) is 7.40. The lowest BCUT2D eigenvalue weighted by atomic mass is 10.2. The van der Waals surface area contributed by atoms with Gasteiger partial charge in [0.15, 0.2) is 17.0 Å². The van der Waals surface area contributed by atoms with E-state index in [2.05, 4.69) is 4.99 Å². The highest BCUT2D eigenvalue weighted by molar-refractivity contribution is 7.99. The first-order valence-corrected chi connectivity index (χ1v) is 9.46. The average Bonchev–Trinajstić information content (AvgIpc) is 2.72. The summed E-state index contributed by atoms with van der Waals surface area (Å²) in [5.41, 5.74) is -1.86. The number of methoxy groups -OCH3 is 1. The zero-order valence-electron chi connectivity index (χ0n) is 16.1. The topological polar surface area (TPSA) is 137 Å². The van der Waals surface area contributed by atoms with Crippen LogP contribution in [0.5, 0.6) is 11.5 Å². The molecule has 1 atom stereocenters. The van der Waals surface area contributed by atoms with Gasteiger partial charge in [0.05, 0.1) is 37.4 Å². The van der Waals surface area contributed by atoms with Crippen LogP contribution in [0, 0.1) is 21.4 Å². The van der Waals surface area contributed by atoms with Gasteiger partial charge in [-0.25, -0.2) is 9.79 Å². The lowest BCUT2D eigenvalue weighted by Gasteiger charge is -2.31. The molecule has 1 aliphatic heterocycles. The molecule has 2 rings (SSSR count). The Morgan fingerprint density at radius 1 is 1.41 bits per heavy atom. The normalized spacial score (nSPS) is 16.0. The van der Waals surface area contributed by atoms with Gasteiger partial charge in [0.2, 0.25) is 5.71 Å². The number of thioether (sulfide) groups is 1. The first-order valence-electron chi connectivity index (χ1n) is 8.17. The summed E-state index contributed by atoms with van der Waals surface area (Å²) < 4.78 is 15.9. The Bertz CT molecular complexity index is 910. The van der Waals surface area contributed by atoms with E-state index in [1.165, 1.54) is 32.4 Å². The van der Waals surface area contributed by atoms with Crippen LogP contribution in [0.1, 0.15) is 12.5 Å². The van der Waals surface area contributed by atoms with Gasteiger partial charge in [-0.2, -0.15) is 10.3 Å². The summed E-state index contributed by atoms with van der Waals surface area (Å²) in [6.07, 6.45) is 1.68. The van der Waals surface area contributed by atoms with Crippen LogP contribution in [0.2, 0.25) is 0 Å². The van der Waals surface area contributed by atoms with Gasteiger partial charge in [-0.05, 0) is 25.3 Å². The van der Waals surface area contributed by atoms with Crippen LogP contribution in [-0.4, -0.2) is 54.2 Å². The van der Waals surface area contributed by atoms with Crippen molar-refractivity contribution < 1.29 is 28.8 Å². The molecule has 0 bridgehead atoms. The van der Waals surface area contributed by atoms with Crippen molar-refractivity contribution in [1.82, 2.24) is 5.06 Å². The van der Waals surface area contributed by atoms with E-state index in [1.807, 2.05) is 6.07 Å². The van der Waals surface area contributed by atoms with Crippen LogP contribution in [0.4, 0.5) is 0 Å². The lowest BCUT2D eigenvalue weighted by Crippen LogP contribution is -2.42. The lowest BCUT2D eigenvalue weighted by molar-refractivity contribution is -0.421. The predicted molar refractivity (Wildman–Crippen MR) is 103 cm³/mol. The Morgan fingerprint density at radius 2 is 2.14 bits per heavy atom. The van der Waals surface area contributed by atoms with Crippen LogP contribution >= 0.6 is 11.8 Å². The molecular weight excluding hydrogens is 404 g/mol. The molecule has 0 amide bonds. The van der Waals surface area contributed by atoms with Crippen LogP contribution in [-0.2, 0) is 14.4 Å². The number of ether oxygens (including phenoxy) is 3. The minimum absolute atomic E-state index is 0.00893. The number of esters is 1. The quantitative estimate of drug-likeness (QED) is 0.347. The monoisotopic (exact) mass is 422 g/mol. The van der Waals surface area contributed by atoms with Gasteiger partial charge in [-0.1, -0.05) is 0 Å². The Hall–Kier alpha value is -3.30. The maximum absolute atomic E-state index is 12.3. The van der Waals surface area contributed by atoms with E-state index in [4.69, 9.17) is 24.3 Å². The van der Waals surface area contributed by atoms with E-state index in [0.29, 0.717) is 0 Å². The first-order chi connectivity index (χ1) is 13.9. The highest BCUT2D eigenvalue weighted by Gasteiger charge is 2.44. The first kappa shape index (κ1) is 22.0. The summed E-state index contributed by atoms with van der Waals surface area (Å²) in [7, 11) is 2.65. The van der Waals surface area contributed by atoms with Crippen molar-refractivity contribution in [2.24, 2.45) is 4.99 Å². The molecule has 1 aromatic rings. The van der Waals surface area contributed by atoms with E-state index in [1.54, 1.807) is 13.2 Å². The summed E-state index contributed by atoms with van der Waals surface area (Å²) in [5, 5.41) is 22.0. The fourth-order valence-electron chi connectivity index (χ4n) is 2.39. The van der Waals surface area contributed by atoms with Gasteiger partial charge in [-0.15, -0.1) is 11.8 Å². The Labute approximate surface area is 170 Å². The molecule has 12 heteroatoms. The highest BCUT2D eigenvalue weighted by Crippen LogP contribution is 2.35. The molecule has 0 fully saturated rings. The van der Waals surface area contributed by atoms with Crippen LogP contribution < -0.4 is 9.47 Å². The number of nitrogens with zero attached hydrogens (tertiary/aromatic N) is 4. The molecule has 0 aliphatic carbocycles. The van der Waals surface area contributed by atoms with E-state index in [0.717, 1.165) is 16.8 Å². The molecule has 1 aromatic carbocycles. The van der Waals surface area contributed by atoms with E-state index in [9.17, 15) is 14.9 Å². The Balaban J connectivity index is 2.68. The van der Waals surface area contributed by atoms with Crippen molar-refractivity contribution in [2.45, 2.75) is 12.4 Å². The molecule has 0 saturated heterocycles. The summed E-state index contributed by atoms with van der Waals surface area (Å²) in [6, 6.07) is 6.27. The minimum Gasteiger partial charge on any atom is -0.493 e. The van der Waals surface area contributed by atoms with Crippen molar-refractivity contribution >= 4 is 23.4 Å². The molecule has 0 aromatic heterocycles. The third-order valence-electron chi connectivity index (χ3n) is 3.63. The zero-order chi connectivity index (χ0) is 21.6. The number of nitro groups is 1. The number of carbonyl (C=O) groups is 1. The third kappa shape index (κ3) is 4.58. The molecule has 1 aliphatic rings. The maximum Gasteiger partial charge on any atom is 0.364 e. The fourth-order valence-corrected chi connectivity index (χ4v) is 2.97. The van der Waals surface area contributed by atoms with Gasteiger partial charge < -0.3 is 14.2 Å². The molecule has 11 nitrogen and oxygen atoms in total. The predicted octanol–water partition coefficient (Wildman–Crippen LogP) is 1.92. The number of carbonyl (C=O) groups excluding carboxylic acids is 1. The molecule has 0 saturated carbocycles. The molecule has 154 valence electrons. The van der Waals surface area contributed by atoms with Crippen molar-refractivity contribution in [3.05, 3.63) is 45.5 Å². The SMILES string of the molecule is CCOC(=O)C1=NC(SC)N(OC)C(Oc2cc(C#N)ccc2OC)=C1[N+](=O)[O-]. The fraction of sp³-hybridized carbons (Fsp3) is 0.353. The second-order valence-electron chi connectivity index (χ2n) is 5.26. The number of rotatable bonds is 8. The van der Waals surface area contributed by atoms with Crippen LogP contribution in [0.25, 0.3) is 0 Å². The summed E-state index contributed by atoms with van der Waals surface area (Å²) in [4.78, 5) is 32.6. The number of hydrogen-bond acceptors (Lipinski definition) is 11. The largest absolute Gasteiger partial charge is 0.493 e. The van der Waals surface area contributed by atoms with Gasteiger partial charge in [0, 0.05) is 6.07 Å².